The second kappa shape index (κ2) is 6.83. The summed E-state index contributed by atoms with van der Waals surface area (Å²) < 4.78 is 14.3. The van der Waals surface area contributed by atoms with Crippen molar-refractivity contribution in [2.45, 2.75) is 38.7 Å². The van der Waals surface area contributed by atoms with Crippen molar-refractivity contribution in [2.24, 2.45) is 11.8 Å². The van der Waals surface area contributed by atoms with Crippen LogP contribution < -0.4 is 0 Å². The molecule has 0 bridgehead atoms. The van der Waals surface area contributed by atoms with Gasteiger partial charge in [0.15, 0.2) is 5.78 Å². The quantitative estimate of drug-likeness (QED) is 0.590. The Bertz CT molecular complexity index is 795. The van der Waals surface area contributed by atoms with E-state index in [1.165, 1.54) is 0 Å². The van der Waals surface area contributed by atoms with Gasteiger partial charge in [0.2, 0.25) is 0 Å². The van der Waals surface area contributed by atoms with Gasteiger partial charge in [0.25, 0.3) is 0 Å². The molecule has 3 atom stereocenters. The summed E-state index contributed by atoms with van der Waals surface area (Å²) in [7, 11) is 0. The SMILES string of the molecule is [2H][C@@]1(C(=O)OC(C)(C)C)[C@@H](CC(=O)c2ccccc2)[C@@H]1c1ccccc1. The first-order valence-electron chi connectivity index (χ1n) is 9.10. The highest BCUT2D eigenvalue weighted by atomic mass is 16.6. The Kier molecular flexibility index (Phi) is 4.39. The van der Waals surface area contributed by atoms with Crippen LogP contribution in [-0.4, -0.2) is 17.4 Å². The first kappa shape index (κ1) is 16.1. The highest BCUT2D eigenvalue weighted by Gasteiger charge is 2.57. The van der Waals surface area contributed by atoms with Gasteiger partial charge in [-0.3, -0.25) is 9.59 Å². The van der Waals surface area contributed by atoms with Crippen LogP contribution in [0.25, 0.3) is 0 Å². The molecule has 3 rings (SSSR count). The third-order valence-electron chi connectivity index (χ3n) is 4.32. The average molecular weight is 337 g/mol. The topological polar surface area (TPSA) is 43.4 Å². The van der Waals surface area contributed by atoms with E-state index in [0.29, 0.717) is 5.56 Å². The second-order valence-electron chi connectivity index (χ2n) is 7.45. The summed E-state index contributed by atoms with van der Waals surface area (Å²) in [6.45, 7) is 5.37. The highest BCUT2D eigenvalue weighted by Crippen LogP contribution is 2.57. The van der Waals surface area contributed by atoms with Crippen LogP contribution in [0.1, 0.15) is 50.4 Å². The minimum Gasteiger partial charge on any atom is -0.460 e. The first-order chi connectivity index (χ1) is 12.2. The van der Waals surface area contributed by atoms with Gasteiger partial charge in [-0.1, -0.05) is 60.7 Å². The zero-order chi connectivity index (χ0) is 18.9. The summed E-state index contributed by atoms with van der Waals surface area (Å²) in [6.07, 6.45) is 0.159. The molecule has 0 amide bonds. The molecule has 2 aromatic rings. The molecule has 0 saturated heterocycles. The van der Waals surface area contributed by atoms with Gasteiger partial charge in [-0.2, -0.15) is 0 Å². The molecule has 0 aromatic heterocycles. The lowest BCUT2D eigenvalue weighted by Crippen LogP contribution is -2.25. The van der Waals surface area contributed by atoms with Gasteiger partial charge in [-0.25, -0.2) is 0 Å². The lowest BCUT2D eigenvalue weighted by atomic mass is 10.0. The number of esters is 1. The molecule has 0 spiro atoms. The van der Waals surface area contributed by atoms with Crippen LogP contribution in [0.2, 0.25) is 0 Å². The summed E-state index contributed by atoms with van der Waals surface area (Å²) in [5.41, 5.74) is 0.847. The molecule has 0 N–H and O–H groups in total. The summed E-state index contributed by atoms with van der Waals surface area (Å²) in [6, 6.07) is 18.5. The summed E-state index contributed by atoms with van der Waals surface area (Å²) in [5, 5.41) is 0. The molecule has 2 aromatic carbocycles. The van der Waals surface area contributed by atoms with Crippen molar-refractivity contribution in [3.05, 3.63) is 71.8 Å². The van der Waals surface area contributed by atoms with E-state index < -0.39 is 17.5 Å². The maximum atomic E-state index is 12.7. The molecule has 130 valence electrons. The van der Waals surface area contributed by atoms with Gasteiger partial charge in [-0.05, 0) is 32.3 Å². The Balaban J connectivity index is 1.86. The number of benzene rings is 2. The standard InChI is InChI=1S/C22H24O3/c1-22(2,3)25-21(24)20-17(19(20)16-12-8-5-9-13-16)14-18(23)15-10-6-4-7-11-15/h4-13,17,19-20H,14H2,1-3H3/t17-,19-,20+/m0/s1/i20D. The van der Waals surface area contributed by atoms with Crippen molar-refractivity contribution in [3.8, 4) is 0 Å². The molecule has 0 aliphatic heterocycles. The van der Waals surface area contributed by atoms with Gasteiger partial charge in [0.1, 0.15) is 5.60 Å². The largest absolute Gasteiger partial charge is 0.460 e. The van der Waals surface area contributed by atoms with Crippen LogP contribution >= 0.6 is 0 Å². The van der Waals surface area contributed by atoms with Gasteiger partial charge in [0, 0.05) is 19.3 Å². The molecule has 3 heteroatoms. The molecule has 1 aliphatic rings. The normalized spacial score (nSPS) is 25.8. The third-order valence-corrected chi connectivity index (χ3v) is 4.32. The maximum Gasteiger partial charge on any atom is 0.310 e. The van der Waals surface area contributed by atoms with E-state index in [0.717, 1.165) is 5.56 Å². The van der Waals surface area contributed by atoms with Crippen molar-refractivity contribution in [3.63, 3.8) is 0 Å². The van der Waals surface area contributed by atoms with E-state index in [1.54, 1.807) is 32.9 Å². The van der Waals surface area contributed by atoms with Crippen LogP contribution in [0, 0.1) is 11.8 Å². The van der Waals surface area contributed by atoms with E-state index in [9.17, 15) is 9.59 Å². The summed E-state index contributed by atoms with van der Waals surface area (Å²) >= 11 is 0. The van der Waals surface area contributed by atoms with Crippen LogP contribution in [-0.2, 0) is 9.53 Å². The van der Waals surface area contributed by atoms with E-state index >= 15 is 0 Å². The average Bonchev–Trinajstić information content (AvgIpc) is 3.20. The number of carbonyl (C=O) groups is 2. The van der Waals surface area contributed by atoms with E-state index in [2.05, 4.69) is 0 Å². The van der Waals surface area contributed by atoms with E-state index in [4.69, 9.17) is 6.11 Å². The number of Topliss-reactive ketones (excluding diaryl/α,β-unsaturated/α-hetero) is 1. The van der Waals surface area contributed by atoms with Crippen molar-refractivity contribution in [1.82, 2.24) is 0 Å². The van der Waals surface area contributed by atoms with Crippen molar-refractivity contribution >= 4 is 11.8 Å². The van der Waals surface area contributed by atoms with Gasteiger partial charge in [0.05, 0.1) is 5.89 Å². The van der Waals surface area contributed by atoms with Gasteiger partial charge >= 0.3 is 5.97 Å². The van der Waals surface area contributed by atoms with E-state index in [-0.39, 0.29) is 24.0 Å². The fourth-order valence-corrected chi connectivity index (χ4v) is 3.17. The summed E-state index contributed by atoms with van der Waals surface area (Å²) in [5.74, 6) is -2.73. The number of hydrogen-bond donors (Lipinski definition) is 0. The fraction of sp³-hybridized carbons (Fsp3) is 0.364. The molecule has 0 heterocycles. The van der Waals surface area contributed by atoms with Crippen molar-refractivity contribution in [1.29, 1.82) is 0 Å². The predicted molar refractivity (Wildman–Crippen MR) is 97.4 cm³/mol. The number of ether oxygens (including phenoxy) is 1. The second-order valence-corrected chi connectivity index (χ2v) is 7.45. The van der Waals surface area contributed by atoms with Crippen LogP contribution in [0.3, 0.4) is 0 Å². The van der Waals surface area contributed by atoms with Gasteiger partial charge in [-0.15, -0.1) is 0 Å². The predicted octanol–water partition coefficient (Wildman–Crippen LogP) is 4.63. The molecular weight excluding hydrogens is 312 g/mol. The van der Waals surface area contributed by atoms with Crippen LogP contribution in [0.5, 0.6) is 0 Å². The zero-order valence-corrected chi connectivity index (χ0v) is 14.9. The third kappa shape index (κ3) is 4.16. The highest BCUT2D eigenvalue weighted by molar-refractivity contribution is 5.97. The zero-order valence-electron chi connectivity index (χ0n) is 15.9. The van der Waals surface area contributed by atoms with Crippen LogP contribution in [0.4, 0.5) is 0 Å². The Labute approximate surface area is 150 Å². The van der Waals surface area contributed by atoms with Crippen molar-refractivity contribution in [2.75, 3.05) is 0 Å². The molecule has 1 fully saturated rings. The van der Waals surface area contributed by atoms with Crippen LogP contribution in [0.15, 0.2) is 60.7 Å². The monoisotopic (exact) mass is 337 g/mol. The molecule has 0 unspecified atom stereocenters. The number of rotatable bonds is 5. The minimum atomic E-state index is -1.42. The molecule has 25 heavy (non-hydrogen) atoms. The van der Waals surface area contributed by atoms with E-state index in [1.807, 2.05) is 48.5 Å². The number of ketones is 1. The number of carbonyl (C=O) groups excluding carboxylic acids is 2. The molecule has 1 saturated carbocycles. The lowest BCUT2D eigenvalue weighted by molar-refractivity contribution is -0.157. The molecule has 1 aliphatic carbocycles. The first-order valence-corrected chi connectivity index (χ1v) is 8.60. The van der Waals surface area contributed by atoms with Gasteiger partial charge < -0.3 is 4.74 Å². The lowest BCUT2D eigenvalue weighted by Gasteiger charge is -2.19. The molecular formula is C22H24O3. The Hall–Kier alpha value is -2.42. The maximum absolute atomic E-state index is 12.7. The smallest absolute Gasteiger partial charge is 0.310 e. The molecule has 0 radical (unpaired) electrons. The molecule has 3 nitrogen and oxygen atoms in total. The number of hydrogen-bond acceptors (Lipinski definition) is 3. The summed E-state index contributed by atoms with van der Waals surface area (Å²) in [4.78, 5) is 25.4. The Morgan fingerprint density at radius 2 is 1.56 bits per heavy atom. The Morgan fingerprint density at radius 3 is 2.12 bits per heavy atom. The fourth-order valence-electron chi connectivity index (χ4n) is 3.17. The minimum absolute atomic E-state index is 0.0470. The van der Waals surface area contributed by atoms with Crippen molar-refractivity contribution < 1.29 is 15.7 Å². The Morgan fingerprint density at radius 1 is 1.00 bits per heavy atom.